The van der Waals surface area contributed by atoms with Crippen LogP contribution < -0.4 is 0 Å². The van der Waals surface area contributed by atoms with Gasteiger partial charge < -0.3 is 14.6 Å². The summed E-state index contributed by atoms with van der Waals surface area (Å²) in [6.07, 6.45) is 8.36. The predicted molar refractivity (Wildman–Crippen MR) is 88.8 cm³/mol. The van der Waals surface area contributed by atoms with Crippen molar-refractivity contribution < 1.29 is 4.74 Å². The normalized spacial score (nSPS) is 20.8. The summed E-state index contributed by atoms with van der Waals surface area (Å²) in [5, 5.41) is 7.84. The summed E-state index contributed by atoms with van der Waals surface area (Å²) in [6.45, 7) is 2.68. The van der Waals surface area contributed by atoms with Crippen molar-refractivity contribution in [1.82, 2.24) is 20.1 Å². The molecule has 0 saturated carbocycles. The third kappa shape index (κ3) is 3.17. The number of nitrogens with one attached hydrogen (secondary N) is 1. The zero-order valence-electron chi connectivity index (χ0n) is 12.9. The number of nitrogens with zero attached hydrogens (tertiary/aromatic N) is 4. The first-order valence-corrected chi connectivity index (χ1v) is 7.95. The number of hydrogen-bond donors (Lipinski definition) is 1. The van der Waals surface area contributed by atoms with E-state index in [2.05, 4.69) is 43.4 Å². The number of aliphatic imine (C=N–C) groups is 1. The van der Waals surface area contributed by atoms with E-state index in [1.807, 2.05) is 18.3 Å². The standard InChI is InChI=1S/C17H19N5O/c1-2-15(23-9-1)10-22-8-7-18-16(11-22)13-3-5-14(6-4-13)17-19-12-20-21-17/h3-7,11-12,15H,1-2,8-10H2,(H,19,20,21)/t15-/m1/s1. The van der Waals surface area contributed by atoms with Crippen molar-refractivity contribution in [2.45, 2.75) is 18.9 Å². The smallest absolute Gasteiger partial charge is 0.161 e. The summed E-state index contributed by atoms with van der Waals surface area (Å²) in [5.74, 6) is 0.776. The maximum absolute atomic E-state index is 5.72. The highest BCUT2D eigenvalue weighted by Gasteiger charge is 2.19. The molecule has 6 heteroatoms. The first kappa shape index (κ1) is 14.1. The van der Waals surface area contributed by atoms with Crippen LogP contribution in [0.4, 0.5) is 0 Å². The van der Waals surface area contributed by atoms with E-state index in [0.717, 1.165) is 48.8 Å². The van der Waals surface area contributed by atoms with Crippen LogP contribution in [-0.2, 0) is 4.74 Å². The quantitative estimate of drug-likeness (QED) is 0.941. The first-order valence-electron chi connectivity index (χ1n) is 7.95. The second-order valence-electron chi connectivity index (χ2n) is 5.83. The van der Waals surface area contributed by atoms with E-state index in [9.17, 15) is 0 Å². The second kappa shape index (κ2) is 6.34. The molecule has 0 unspecified atom stereocenters. The number of aromatic amines is 1. The van der Waals surface area contributed by atoms with Gasteiger partial charge in [-0.05, 0) is 12.8 Å². The minimum atomic E-state index is 0.354. The van der Waals surface area contributed by atoms with Gasteiger partial charge >= 0.3 is 0 Å². The molecular weight excluding hydrogens is 290 g/mol. The van der Waals surface area contributed by atoms with Crippen molar-refractivity contribution in [2.75, 3.05) is 19.7 Å². The molecular formula is C17H19N5O. The highest BCUT2D eigenvalue weighted by Crippen LogP contribution is 2.23. The van der Waals surface area contributed by atoms with Gasteiger partial charge in [0, 0.05) is 36.7 Å². The van der Waals surface area contributed by atoms with Crippen molar-refractivity contribution in [3.8, 4) is 11.4 Å². The van der Waals surface area contributed by atoms with Crippen LogP contribution in [0.1, 0.15) is 18.4 Å². The number of aromatic nitrogens is 3. The van der Waals surface area contributed by atoms with Gasteiger partial charge in [-0.25, -0.2) is 0 Å². The molecule has 2 aliphatic rings. The van der Waals surface area contributed by atoms with E-state index in [0.29, 0.717) is 6.10 Å². The SMILES string of the molecule is C1=NC(c2ccc(-c3nnc[nH]3)cc2)=CN(C[C@H]2CCCO2)C1. The molecule has 0 spiro atoms. The number of ether oxygens (including phenoxy) is 1. The van der Waals surface area contributed by atoms with Gasteiger partial charge in [-0.3, -0.25) is 4.99 Å². The molecule has 2 aromatic rings. The van der Waals surface area contributed by atoms with Crippen LogP contribution >= 0.6 is 0 Å². The summed E-state index contributed by atoms with van der Waals surface area (Å²) in [5.41, 5.74) is 3.10. The Kier molecular flexibility index (Phi) is 3.90. The van der Waals surface area contributed by atoms with Crippen LogP contribution in [0.25, 0.3) is 17.1 Å². The molecule has 3 heterocycles. The Morgan fingerprint density at radius 2 is 2.09 bits per heavy atom. The van der Waals surface area contributed by atoms with Crippen LogP contribution in [0.15, 0.2) is 41.8 Å². The highest BCUT2D eigenvalue weighted by atomic mass is 16.5. The summed E-state index contributed by atoms with van der Waals surface area (Å²) in [6, 6.07) is 8.20. The molecule has 0 bridgehead atoms. The number of rotatable bonds is 4. The van der Waals surface area contributed by atoms with E-state index < -0.39 is 0 Å². The molecule has 4 rings (SSSR count). The van der Waals surface area contributed by atoms with E-state index in [1.54, 1.807) is 6.33 Å². The van der Waals surface area contributed by atoms with Gasteiger partial charge in [0.1, 0.15) is 6.33 Å². The summed E-state index contributed by atoms with van der Waals surface area (Å²) < 4.78 is 5.72. The Morgan fingerprint density at radius 1 is 1.22 bits per heavy atom. The van der Waals surface area contributed by atoms with Crippen molar-refractivity contribution in [2.24, 2.45) is 4.99 Å². The van der Waals surface area contributed by atoms with E-state index >= 15 is 0 Å². The van der Waals surface area contributed by atoms with Crippen LogP contribution in [0.5, 0.6) is 0 Å². The van der Waals surface area contributed by atoms with Gasteiger partial charge in [0.15, 0.2) is 5.82 Å². The summed E-state index contributed by atoms with van der Waals surface area (Å²) in [7, 11) is 0. The number of H-pyrrole nitrogens is 1. The molecule has 0 radical (unpaired) electrons. The molecule has 2 aliphatic heterocycles. The second-order valence-corrected chi connectivity index (χ2v) is 5.83. The Bertz CT molecular complexity index is 699. The zero-order chi connectivity index (χ0) is 15.5. The molecule has 6 nitrogen and oxygen atoms in total. The van der Waals surface area contributed by atoms with Gasteiger partial charge in [-0.2, -0.15) is 0 Å². The Balaban J connectivity index is 1.49. The average Bonchev–Trinajstić information content (AvgIpc) is 3.29. The van der Waals surface area contributed by atoms with Crippen LogP contribution in [-0.4, -0.2) is 52.1 Å². The van der Waals surface area contributed by atoms with Gasteiger partial charge in [0.2, 0.25) is 0 Å². The lowest BCUT2D eigenvalue weighted by Gasteiger charge is -2.25. The zero-order valence-corrected chi connectivity index (χ0v) is 12.9. The Labute approximate surface area is 134 Å². The minimum absolute atomic E-state index is 0.354. The molecule has 1 fully saturated rings. The van der Waals surface area contributed by atoms with Crippen molar-refractivity contribution in [3.63, 3.8) is 0 Å². The van der Waals surface area contributed by atoms with Crippen LogP contribution in [0.2, 0.25) is 0 Å². The van der Waals surface area contributed by atoms with Crippen LogP contribution in [0.3, 0.4) is 0 Å². The molecule has 1 aromatic carbocycles. The van der Waals surface area contributed by atoms with Crippen molar-refractivity contribution >= 4 is 11.9 Å². The van der Waals surface area contributed by atoms with Crippen molar-refractivity contribution in [3.05, 3.63) is 42.4 Å². The molecule has 0 amide bonds. The highest BCUT2D eigenvalue weighted by molar-refractivity contribution is 5.77. The van der Waals surface area contributed by atoms with E-state index in [1.165, 1.54) is 6.42 Å². The maximum Gasteiger partial charge on any atom is 0.161 e. The van der Waals surface area contributed by atoms with E-state index in [4.69, 9.17) is 4.74 Å². The third-order valence-electron chi connectivity index (χ3n) is 4.18. The topological polar surface area (TPSA) is 66.4 Å². The average molecular weight is 309 g/mol. The fourth-order valence-electron chi connectivity index (χ4n) is 2.97. The maximum atomic E-state index is 5.72. The largest absolute Gasteiger partial charge is 0.376 e. The molecule has 1 N–H and O–H groups in total. The number of hydrogen-bond acceptors (Lipinski definition) is 5. The first-order chi connectivity index (χ1) is 11.4. The predicted octanol–water partition coefficient (Wildman–Crippen LogP) is 2.34. The molecule has 0 aliphatic carbocycles. The minimum Gasteiger partial charge on any atom is -0.376 e. The Morgan fingerprint density at radius 3 is 2.83 bits per heavy atom. The lowest BCUT2D eigenvalue weighted by Crippen LogP contribution is -2.31. The fourth-order valence-corrected chi connectivity index (χ4v) is 2.97. The fraction of sp³-hybridized carbons (Fsp3) is 0.353. The molecule has 1 aromatic heterocycles. The van der Waals surface area contributed by atoms with Gasteiger partial charge in [-0.1, -0.05) is 24.3 Å². The molecule has 1 atom stereocenters. The Hall–Kier alpha value is -2.47. The number of benzene rings is 1. The lowest BCUT2D eigenvalue weighted by atomic mass is 10.1. The lowest BCUT2D eigenvalue weighted by molar-refractivity contribution is 0.0900. The molecule has 1 saturated heterocycles. The molecule has 23 heavy (non-hydrogen) atoms. The van der Waals surface area contributed by atoms with Crippen molar-refractivity contribution in [1.29, 1.82) is 0 Å². The van der Waals surface area contributed by atoms with E-state index in [-0.39, 0.29) is 0 Å². The third-order valence-corrected chi connectivity index (χ3v) is 4.18. The van der Waals surface area contributed by atoms with Gasteiger partial charge in [-0.15, -0.1) is 10.2 Å². The monoisotopic (exact) mass is 309 g/mol. The van der Waals surface area contributed by atoms with Crippen LogP contribution in [0, 0.1) is 0 Å². The summed E-state index contributed by atoms with van der Waals surface area (Å²) in [4.78, 5) is 9.83. The van der Waals surface area contributed by atoms with Gasteiger partial charge in [0.05, 0.1) is 18.3 Å². The summed E-state index contributed by atoms with van der Waals surface area (Å²) >= 11 is 0. The van der Waals surface area contributed by atoms with Gasteiger partial charge in [0.25, 0.3) is 0 Å². The molecule has 118 valence electrons.